The normalized spacial score (nSPS) is 11.0. The molecule has 0 saturated heterocycles. The van der Waals surface area contributed by atoms with E-state index < -0.39 is 0 Å². The van der Waals surface area contributed by atoms with Gasteiger partial charge in [-0.1, -0.05) is 18.2 Å². The Bertz CT molecular complexity index is 1190. The number of fused-ring (bicyclic) bond motifs is 2. The highest BCUT2D eigenvalue weighted by molar-refractivity contribution is 5.96. The molecule has 2 aromatic carbocycles. The molecular formula is C21H19N3O3. The number of aromatic nitrogens is 2. The van der Waals surface area contributed by atoms with Crippen molar-refractivity contribution in [3.63, 3.8) is 0 Å². The van der Waals surface area contributed by atoms with Crippen LogP contribution >= 0.6 is 0 Å². The minimum Gasteiger partial charge on any atom is -0.497 e. The zero-order chi connectivity index (χ0) is 18.8. The first-order chi connectivity index (χ1) is 13.2. The highest BCUT2D eigenvalue weighted by Gasteiger charge is 2.10. The monoisotopic (exact) mass is 361 g/mol. The molecular weight excluding hydrogens is 342 g/mol. The van der Waals surface area contributed by atoms with Crippen LogP contribution in [-0.2, 0) is 6.42 Å². The number of rotatable bonds is 5. The Labute approximate surface area is 155 Å². The van der Waals surface area contributed by atoms with Gasteiger partial charge in [-0.15, -0.1) is 0 Å². The number of nitrogens with one attached hydrogen (secondary N) is 3. The van der Waals surface area contributed by atoms with Gasteiger partial charge in [-0.05, 0) is 41.6 Å². The maximum atomic E-state index is 12.4. The summed E-state index contributed by atoms with van der Waals surface area (Å²) in [5, 5.41) is 5.29. The Morgan fingerprint density at radius 1 is 1.11 bits per heavy atom. The molecule has 0 aliphatic rings. The van der Waals surface area contributed by atoms with E-state index in [1.54, 1.807) is 25.3 Å². The molecule has 0 fully saturated rings. The van der Waals surface area contributed by atoms with Crippen LogP contribution in [-0.4, -0.2) is 29.5 Å². The number of carbonyl (C=O) groups excluding carboxylic acids is 1. The first-order valence-corrected chi connectivity index (χ1v) is 8.70. The standard InChI is InChI=1S/C21H19N3O3/c1-27-15-6-7-16-14(12-23-18(16)11-15)8-9-22-21(26)19-10-13-4-2-3-5-17(13)20(25)24-19/h2-7,10-12,23H,8-9H2,1H3,(H,22,26)(H,24,25). The van der Waals surface area contributed by atoms with E-state index in [9.17, 15) is 9.59 Å². The number of aromatic amines is 2. The second kappa shape index (κ2) is 6.99. The van der Waals surface area contributed by atoms with E-state index in [1.807, 2.05) is 36.5 Å². The fourth-order valence-electron chi connectivity index (χ4n) is 3.24. The molecule has 4 rings (SSSR count). The molecule has 0 bridgehead atoms. The topological polar surface area (TPSA) is 87.0 Å². The van der Waals surface area contributed by atoms with Crippen LogP contribution in [0.15, 0.2) is 59.5 Å². The summed E-state index contributed by atoms with van der Waals surface area (Å²) >= 11 is 0. The summed E-state index contributed by atoms with van der Waals surface area (Å²) in [5.74, 6) is 0.504. The van der Waals surface area contributed by atoms with Crippen LogP contribution in [0.5, 0.6) is 5.75 Å². The molecule has 0 saturated carbocycles. The zero-order valence-corrected chi connectivity index (χ0v) is 14.8. The lowest BCUT2D eigenvalue weighted by molar-refractivity contribution is 0.0949. The summed E-state index contributed by atoms with van der Waals surface area (Å²) < 4.78 is 5.23. The highest BCUT2D eigenvalue weighted by atomic mass is 16.5. The average molecular weight is 361 g/mol. The molecule has 6 nitrogen and oxygen atoms in total. The second-order valence-electron chi connectivity index (χ2n) is 6.33. The van der Waals surface area contributed by atoms with Crippen LogP contribution in [0.2, 0.25) is 0 Å². The molecule has 0 aliphatic carbocycles. The van der Waals surface area contributed by atoms with Crippen molar-refractivity contribution in [3.8, 4) is 5.75 Å². The predicted octanol–water partition coefficient (Wildman–Crippen LogP) is 2.99. The van der Waals surface area contributed by atoms with Gasteiger partial charge < -0.3 is 20.0 Å². The maximum Gasteiger partial charge on any atom is 0.267 e. The number of hydrogen-bond donors (Lipinski definition) is 3. The second-order valence-corrected chi connectivity index (χ2v) is 6.33. The van der Waals surface area contributed by atoms with Gasteiger partial charge in [0.2, 0.25) is 0 Å². The Balaban J connectivity index is 1.46. The van der Waals surface area contributed by atoms with Gasteiger partial charge in [0.15, 0.2) is 0 Å². The number of ether oxygens (including phenoxy) is 1. The van der Waals surface area contributed by atoms with Crippen molar-refractivity contribution in [2.75, 3.05) is 13.7 Å². The molecule has 2 aromatic heterocycles. The smallest absolute Gasteiger partial charge is 0.267 e. The molecule has 0 spiro atoms. The quantitative estimate of drug-likeness (QED) is 0.511. The van der Waals surface area contributed by atoms with E-state index >= 15 is 0 Å². The molecule has 0 aliphatic heterocycles. The van der Waals surface area contributed by atoms with Gasteiger partial charge in [-0.2, -0.15) is 0 Å². The zero-order valence-electron chi connectivity index (χ0n) is 14.8. The minimum absolute atomic E-state index is 0.260. The van der Waals surface area contributed by atoms with Gasteiger partial charge in [-0.25, -0.2) is 0 Å². The van der Waals surface area contributed by atoms with Gasteiger partial charge in [0.25, 0.3) is 11.5 Å². The van der Waals surface area contributed by atoms with Crippen molar-refractivity contribution >= 4 is 27.6 Å². The number of pyridine rings is 1. The number of H-pyrrole nitrogens is 2. The van der Waals surface area contributed by atoms with Crippen molar-refractivity contribution in [1.82, 2.24) is 15.3 Å². The van der Waals surface area contributed by atoms with Crippen LogP contribution in [0, 0.1) is 0 Å². The molecule has 0 atom stereocenters. The van der Waals surface area contributed by atoms with Crippen molar-refractivity contribution < 1.29 is 9.53 Å². The van der Waals surface area contributed by atoms with E-state index in [4.69, 9.17) is 4.74 Å². The van der Waals surface area contributed by atoms with E-state index in [-0.39, 0.29) is 17.2 Å². The van der Waals surface area contributed by atoms with Gasteiger partial charge in [0, 0.05) is 35.1 Å². The fourth-order valence-corrected chi connectivity index (χ4v) is 3.24. The summed E-state index contributed by atoms with van der Waals surface area (Å²) in [5.41, 5.74) is 2.11. The minimum atomic E-state index is -0.292. The van der Waals surface area contributed by atoms with E-state index in [0.29, 0.717) is 18.4 Å². The molecule has 136 valence electrons. The van der Waals surface area contributed by atoms with Crippen LogP contribution in [0.1, 0.15) is 16.1 Å². The first kappa shape index (κ1) is 16.9. The molecule has 3 N–H and O–H groups in total. The molecule has 0 radical (unpaired) electrons. The maximum absolute atomic E-state index is 12.4. The Morgan fingerprint density at radius 2 is 1.96 bits per heavy atom. The third-order valence-corrected chi connectivity index (χ3v) is 4.65. The van der Waals surface area contributed by atoms with E-state index in [1.165, 1.54) is 0 Å². The summed E-state index contributed by atoms with van der Waals surface area (Å²) in [6.45, 7) is 0.465. The number of hydrogen-bond acceptors (Lipinski definition) is 3. The van der Waals surface area contributed by atoms with Crippen molar-refractivity contribution in [3.05, 3.63) is 76.3 Å². The fraction of sp³-hybridized carbons (Fsp3) is 0.143. The van der Waals surface area contributed by atoms with Crippen LogP contribution in [0.25, 0.3) is 21.7 Å². The number of benzene rings is 2. The average Bonchev–Trinajstić information content (AvgIpc) is 3.10. The lowest BCUT2D eigenvalue weighted by Crippen LogP contribution is -2.28. The predicted molar refractivity (Wildman–Crippen MR) is 105 cm³/mol. The summed E-state index contributed by atoms with van der Waals surface area (Å²) in [7, 11) is 1.64. The Hall–Kier alpha value is -3.54. The number of methoxy groups -OCH3 is 1. The number of carbonyl (C=O) groups is 1. The van der Waals surface area contributed by atoms with Gasteiger partial charge >= 0.3 is 0 Å². The molecule has 6 heteroatoms. The van der Waals surface area contributed by atoms with Gasteiger partial charge in [0.1, 0.15) is 11.4 Å². The van der Waals surface area contributed by atoms with Crippen molar-refractivity contribution in [2.24, 2.45) is 0 Å². The third kappa shape index (κ3) is 3.29. The van der Waals surface area contributed by atoms with Gasteiger partial charge in [0.05, 0.1) is 7.11 Å². The number of amides is 1. The molecule has 2 heterocycles. The lowest BCUT2D eigenvalue weighted by atomic mass is 10.1. The SMILES string of the molecule is COc1ccc2c(CCNC(=O)c3cc4ccccc4c(=O)[nH]3)c[nH]c2c1. The highest BCUT2D eigenvalue weighted by Crippen LogP contribution is 2.23. The Morgan fingerprint density at radius 3 is 2.81 bits per heavy atom. The summed E-state index contributed by atoms with van der Waals surface area (Å²) in [4.78, 5) is 30.4. The van der Waals surface area contributed by atoms with E-state index in [2.05, 4.69) is 15.3 Å². The lowest BCUT2D eigenvalue weighted by Gasteiger charge is -2.06. The van der Waals surface area contributed by atoms with Crippen LogP contribution < -0.4 is 15.6 Å². The molecule has 0 unspecified atom stereocenters. The Kier molecular flexibility index (Phi) is 4.38. The van der Waals surface area contributed by atoms with Crippen molar-refractivity contribution in [1.29, 1.82) is 0 Å². The summed E-state index contributed by atoms with van der Waals surface area (Å²) in [6, 6.07) is 14.8. The molecule has 4 aromatic rings. The van der Waals surface area contributed by atoms with Gasteiger partial charge in [-0.3, -0.25) is 9.59 Å². The summed E-state index contributed by atoms with van der Waals surface area (Å²) in [6.07, 6.45) is 2.62. The van der Waals surface area contributed by atoms with E-state index in [0.717, 1.165) is 27.6 Å². The largest absolute Gasteiger partial charge is 0.497 e. The molecule has 27 heavy (non-hydrogen) atoms. The first-order valence-electron chi connectivity index (χ1n) is 8.70. The molecule has 1 amide bonds. The third-order valence-electron chi connectivity index (χ3n) is 4.65. The van der Waals surface area contributed by atoms with Crippen LogP contribution in [0.4, 0.5) is 0 Å². The van der Waals surface area contributed by atoms with Crippen LogP contribution in [0.3, 0.4) is 0 Å². The van der Waals surface area contributed by atoms with Crippen molar-refractivity contribution in [2.45, 2.75) is 6.42 Å².